The Morgan fingerprint density at radius 1 is 1.00 bits per heavy atom. The average molecular weight is 386 g/mol. The Hall–Kier alpha value is -3.21. The van der Waals surface area contributed by atoms with E-state index in [9.17, 15) is 4.79 Å². The van der Waals surface area contributed by atoms with Crippen LogP contribution >= 0.6 is 0 Å². The number of anilines is 2. The van der Waals surface area contributed by atoms with Crippen molar-refractivity contribution < 1.29 is 4.79 Å². The molecule has 1 N–H and O–H groups in total. The van der Waals surface area contributed by atoms with Gasteiger partial charge in [0.2, 0.25) is 5.91 Å². The van der Waals surface area contributed by atoms with E-state index >= 15 is 0 Å². The quantitative estimate of drug-likeness (QED) is 0.711. The van der Waals surface area contributed by atoms with Crippen molar-refractivity contribution in [3.63, 3.8) is 0 Å². The fourth-order valence-corrected chi connectivity index (χ4v) is 3.74. The molecule has 1 amide bonds. The summed E-state index contributed by atoms with van der Waals surface area (Å²) in [5.41, 5.74) is 5.14. The first-order valence-corrected chi connectivity index (χ1v) is 10.1. The van der Waals surface area contributed by atoms with Gasteiger partial charge in [0.05, 0.1) is 11.6 Å². The topological polar surface area (TPSA) is 58.1 Å². The molecule has 1 fully saturated rings. The molecule has 1 aromatic heterocycles. The van der Waals surface area contributed by atoms with Gasteiger partial charge in [-0.1, -0.05) is 42.0 Å². The second-order valence-electron chi connectivity index (χ2n) is 7.79. The third-order valence-electron chi connectivity index (χ3n) is 5.40. The summed E-state index contributed by atoms with van der Waals surface area (Å²) >= 11 is 0. The third-order valence-corrected chi connectivity index (χ3v) is 5.40. The number of aromatic nitrogens is 2. The van der Waals surface area contributed by atoms with Crippen molar-refractivity contribution in [1.29, 1.82) is 0 Å². The van der Waals surface area contributed by atoms with E-state index in [0.29, 0.717) is 6.54 Å². The maximum Gasteiger partial charge on any atom is 0.229 e. The van der Waals surface area contributed by atoms with Crippen molar-refractivity contribution in [3.05, 3.63) is 71.8 Å². The van der Waals surface area contributed by atoms with Gasteiger partial charge >= 0.3 is 0 Å². The predicted molar refractivity (Wildman–Crippen MR) is 117 cm³/mol. The van der Waals surface area contributed by atoms with Crippen molar-refractivity contribution >= 4 is 17.4 Å². The monoisotopic (exact) mass is 386 g/mol. The van der Waals surface area contributed by atoms with Crippen LogP contribution in [0, 0.1) is 19.8 Å². The van der Waals surface area contributed by atoms with Gasteiger partial charge in [-0.15, -0.1) is 10.2 Å². The molecule has 2 aromatic carbocycles. The molecule has 2 heterocycles. The van der Waals surface area contributed by atoms with Crippen LogP contribution in [-0.2, 0) is 4.79 Å². The highest BCUT2D eigenvalue weighted by Gasteiger charge is 2.26. The molecule has 29 heavy (non-hydrogen) atoms. The molecule has 1 aliphatic heterocycles. The average Bonchev–Trinajstić information content (AvgIpc) is 2.74. The first-order valence-electron chi connectivity index (χ1n) is 10.1. The van der Waals surface area contributed by atoms with Gasteiger partial charge in [0.1, 0.15) is 0 Å². The molecular weight excluding hydrogens is 360 g/mol. The number of carbonyl (C=O) groups excluding carboxylic acids is 1. The van der Waals surface area contributed by atoms with Gasteiger partial charge < -0.3 is 10.2 Å². The molecule has 0 radical (unpaired) electrons. The number of aryl methyl sites for hydroxylation is 2. The van der Waals surface area contributed by atoms with Crippen LogP contribution in [0.1, 0.15) is 24.0 Å². The lowest BCUT2D eigenvalue weighted by Crippen LogP contribution is -2.41. The van der Waals surface area contributed by atoms with Crippen LogP contribution in [-0.4, -0.2) is 29.2 Å². The van der Waals surface area contributed by atoms with Crippen LogP contribution < -0.4 is 10.2 Å². The molecule has 1 atom stereocenters. The lowest BCUT2D eigenvalue weighted by Gasteiger charge is -2.32. The Kier molecular flexibility index (Phi) is 5.56. The summed E-state index contributed by atoms with van der Waals surface area (Å²) in [5.74, 6) is 0.848. The van der Waals surface area contributed by atoms with Crippen LogP contribution in [0.25, 0.3) is 11.3 Å². The van der Waals surface area contributed by atoms with Gasteiger partial charge in [0, 0.05) is 24.3 Å². The molecule has 0 aliphatic carbocycles. The van der Waals surface area contributed by atoms with E-state index in [-0.39, 0.29) is 11.8 Å². The van der Waals surface area contributed by atoms with Gasteiger partial charge in [-0.2, -0.15) is 0 Å². The lowest BCUT2D eigenvalue weighted by atomic mass is 9.97. The van der Waals surface area contributed by atoms with Crippen molar-refractivity contribution in [3.8, 4) is 11.3 Å². The number of amides is 1. The van der Waals surface area contributed by atoms with Crippen LogP contribution in [0.4, 0.5) is 11.5 Å². The number of hydrogen-bond acceptors (Lipinski definition) is 4. The van der Waals surface area contributed by atoms with E-state index in [0.717, 1.165) is 47.7 Å². The normalized spacial score (nSPS) is 16.5. The van der Waals surface area contributed by atoms with E-state index in [1.807, 2.05) is 43.3 Å². The van der Waals surface area contributed by atoms with Crippen molar-refractivity contribution in [2.45, 2.75) is 26.7 Å². The van der Waals surface area contributed by atoms with Gasteiger partial charge in [0.15, 0.2) is 5.82 Å². The van der Waals surface area contributed by atoms with Crippen molar-refractivity contribution in [2.24, 2.45) is 5.92 Å². The summed E-state index contributed by atoms with van der Waals surface area (Å²) in [5, 5.41) is 11.9. The first-order chi connectivity index (χ1) is 14.1. The van der Waals surface area contributed by atoms with Gasteiger partial charge in [-0.05, 0) is 56.5 Å². The SMILES string of the molecule is Cc1ccc(-c2ccc(N3CCC[C@H](C(=O)Nc4cccc(C)c4)C3)nn2)cc1. The number of piperidine rings is 1. The van der Waals surface area contributed by atoms with E-state index in [1.165, 1.54) is 5.56 Å². The first kappa shape index (κ1) is 19.1. The number of hydrogen-bond donors (Lipinski definition) is 1. The highest BCUT2D eigenvalue weighted by atomic mass is 16.1. The zero-order chi connectivity index (χ0) is 20.2. The molecule has 1 aliphatic rings. The van der Waals surface area contributed by atoms with E-state index < -0.39 is 0 Å². The minimum absolute atomic E-state index is 0.0529. The number of rotatable bonds is 4. The summed E-state index contributed by atoms with van der Waals surface area (Å²) in [6, 6.07) is 20.2. The molecular formula is C24H26N4O. The maximum atomic E-state index is 12.7. The van der Waals surface area contributed by atoms with Crippen LogP contribution in [0.2, 0.25) is 0 Å². The molecule has 148 valence electrons. The summed E-state index contributed by atoms with van der Waals surface area (Å²) in [6.07, 6.45) is 1.86. The second-order valence-corrected chi connectivity index (χ2v) is 7.79. The third kappa shape index (κ3) is 4.62. The van der Waals surface area contributed by atoms with Crippen molar-refractivity contribution in [1.82, 2.24) is 10.2 Å². The molecule has 0 spiro atoms. The van der Waals surface area contributed by atoms with Crippen LogP contribution in [0.5, 0.6) is 0 Å². The zero-order valence-electron chi connectivity index (χ0n) is 16.9. The molecule has 4 rings (SSSR count). The smallest absolute Gasteiger partial charge is 0.229 e. The second kappa shape index (κ2) is 8.43. The number of benzene rings is 2. The summed E-state index contributed by atoms with van der Waals surface area (Å²) < 4.78 is 0. The van der Waals surface area contributed by atoms with Gasteiger partial charge in [-0.3, -0.25) is 4.79 Å². The van der Waals surface area contributed by atoms with Crippen molar-refractivity contribution in [2.75, 3.05) is 23.3 Å². The maximum absolute atomic E-state index is 12.7. The molecule has 0 saturated carbocycles. The molecule has 1 saturated heterocycles. The molecule has 5 heteroatoms. The summed E-state index contributed by atoms with van der Waals surface area (Å²) in [6.45, 7) is 5.65. The molecule has 5 nitrogen and oxygen atoms in total. The standard InChI is InChI=1S/C24H26N4O/c1-17-8-10-19(11-9-17)22-12-13-23(27-26-22)28-14-4-6-20(16-28)24(29)25-21-7-3-5-18(2)15-21/h3,5,7-13,15,20H,4,6,14,16H2,1-2H3,(H,25,29)/t20-/m0/s1. The van der Waals surface area contributed by atoms with E-state index in [4.69, 9.17) is 0 Å². The van der Waals surface area contributed by atoms with Crippen LogP contribution in [0.15, 0.2) is 60.7 Å². The van der Waals surface area contributed by atoms with E-state index in [1.54, 1.807) is 0 Å². The van der Waals surface area contributed by atoms with E-state index in [2.05, 4.69) is 51.6 Å². The highest BCUT2D eigenvalue weighted by molar-refractivity contribution is 5.93. The number of nitrogens with one attached hydrogen (secondary N) is 1. The highest BCUT2D eigenvalue weighted by Crippen LogP contribution is 2.24. The lowest BCUT2D eigenvalue weighted by molar-refractivity contribution is -0.120. The Balaban J connectivity index is 1.42. The summed E-state index contributed by atoms with van der Waals surface area (Å²) in [4.78, 5) is 14.9. The Morgan fingerprint density at radius 3 is 2.55 bits per heavy atom. The minimum Gasteiger partial charge on any atom is -0.354 e. The molecule has 0 bridgehead atoms. The fraction of sp³-hybridized carbons (Fsp3) is 0.292. The molecule has 3 aromatic rings. The number of nitrogens with zero attached hydrogens (tertiary/aromatic N) is 3. The summed E-state index contributed by atoms with van der Waals surface area (Å²) in [7, 11) is 0. The minimum atomic E-state index is -0.0529. The molecule has 0 unspecified atom stereocenters. The number of carbonyl (C=O) groups is 1. The zero-order valence-corrected chi connectivity index (χ0v) is 16.9. The van der Waals surface area contributed by atoms with Gasteiger partial charge in [-0.25, -0.2) is 0 Å². The Morgan fingerprint density at radius 2 is 1.83 bits per heavy atom. The largest absolute Gasteiger partial charge is 0.354 e. The predicted octanol–water partition coefficient (Wildman–Crippen LogP) is 4.62. The van der Waals surface area contributed by atoms with Crippen LogP contribution in [0.3, 0.4) is 0 Å². The fourth-order valence-electron chi connectivity index (χ4n) is 3.74. The Labute approximate surface area is 171 Å². The Bertz CT molecular complexity index is 983. The van der Waals surface area contributed by atoms with Gasteiger partial charge in [0.25, 0.3) is 0 Å².